The number of rotatable bonds is 3. The van der Waals surface area contributed by atoms with Gasteiger partial charge >= 0.3 is 0 Å². The van der Waals surface area contributed by atoms with Crippen LogP contribution in [0, 0.1) is 11.3 Å². The lowest BCUT2D eigenvalue weighted by molar-refractivity contribution is -0.142. The smallest absolute Gasteiger partial charge is 0.227 e. The fraction of sp³-hybridized carbons (Fsp3) is 0.579. The molecule has 4 heteroatoms. The Morgan fingerprint density at radius 2 is 1.70 bits per heavy atom. The Hall–Kier alpha value is -1.84. The highest BCUT2D eigenvalue weighted by Crippen LogP contribution is 2.24. The van der Waals surface area contributed by atoms with Crippen LogP contribution < -0.4 is 5.32 Å². The number of amides is 2. The van der Waals surface area contributed by atoms with Crippen LogP contribution in [0.3, 0.4) is 0 Å². The van der Waals surface area contributed by atoms with Crippen molar-refractivity contribution in [3.8, 4) is 0 Å². The fourth-order valence-corrected chi connectivity index (χ4v) is 2.89. The van der Waals surface area contributed by atoms with Gasteiger partial charge in [-0.2, -0.15) is 0 Å². The molecule has 1 aromatic rings. The van der Waals surface area contributed by atoms with E-state index in [0.29, 0.717) is 13.1 Å². The largest absolute Gasteiger partial charge is 0.342 e. The first-order chi connectivity index (χ1) is 10.8. The summed E-state index contributed by atoms with van der Waals surface area (Å²) in [5, 5.41) is 2.99. The molecule has 0 unspecified atom stereocenters. The van der Waals surface area contributed by atoms with E-state index in [1.807, 2.05) is 49.9 Å². The van der Waals surface area contributed by atoms with Crippen LogP contribution in [0.4, 0.5) is 5.69 Å². The molecule has 1 aromatic carbocycles. The van der Waals surface area contributed by atoms with Crippen LogP contribution >= 0.6 is 0 Å². The van der Waals surface area contributed by atoms with Crippen molar-refractivity contribution in [2.45, 2.75) is 47.0 Å². The van der Waals surface area contributed by atoms with E-state index in [1.165, 1.54) is 5.56 Å². The van der Waals surface area contributed by atoms with Gasteiger partial charge in [0.05, 0.1) is 0 Å². The van der Waals surface area contributed by atoms with Gasteiger partial charge in [-0.25, -0.2) is 0 Å². The van der Waals surface area contributed by atoms with E-state index in [1.54, 1.807) is 0 Å². The van der Waals surface area contributed by atoms with Crippen LogP contribution in [0.5, 0.6) is 0 Å². The molecule has 0 aliphatic carbocycles. The molecule has 1 N–H and O–H groups in total. The van der Waals surface area contributed by atoms with Crippen LogP contribution in [-0.2, 0) is 16.0 Å². The zero-order valence-electron chi connectivity index (χ0n) is 14.7. The molecule has 1 heterocycles. The summed E-state index contributed by atoms with van der Waals surface area (Å²) in [5.41, 5.74) is 1.76. The third-order valence-corrected chi connectivity index (χ3v) is 4.42. The molecule has 1 saturated heterocycles. The number of piperidine rings is 1. The molecule has 0 bridgehead atoms. The van der Waals surface area contributed by atoms with Gasteiger partial charge in [0.1, 0.15) is 0 Å². The average Bonchev–Trinajstić information content (AvgIpc) is 2.54. The molecule has 1 fully saturated rings. The van der Waals surface area contributed by atoms with Gasteiger partial charge < -0.3 is 10.2 Å². The van der Waals surface area contributed by atoms with Crippen LogP contribution in [0.25, 0.3) is 0 Å². The highest BCUT2D eigenvalue weighted by Gasteiger charge is 2.32. The summed E-state index contributed by atoms with van der Waals surface area (Å²) < 4.78 is 0. The van der Waals surface area contributed by atoms with E-state index in [4.69, 9.17) is 0 Å². The molecule has 4 nitrogen and oxygen atoms in total. The molecule has 0 atom stereocenters. The van der Waals surface area contributed by atoms with Crippen LogP contribution in [-0.4, -0.2) is 29.8 Å². The van der Waals surface area contributed by atoms with Crippen molar-refractivity contribution < 1.29 is 9.59 Å². The molecular formula is C19H28N2O2. The van der Waals surface area contributed by atoms with Crippen LogP contribution in [0.2, 0.25) is 0 Å². The van der Waals surface area contributed by atoms with Crippen molar-refractivity contribution in [2.24, 2.45) is 11.3 Å². The van der Waals surface area contributed by atoms with Crippen molar-refractivity contribution in [3.63, 3.8) is 0 Å². The third kappa shape index (κ3) is 4.57. The van der Waals surface area contributed by atoms with E-state index in [9.17, 15) is 9.59 Å². The van der Waals surface area contributed by atoms with Gasteiger partial charge in [-0.05, 0) is 37.0 Å². The molecule has 0 saturated carbocycles. The number of likely N-dealkylation sites (tertiary alicyclic amines) is 1. The van der Waals surface area contributed by atoms with Gasteiger partial charge in [-0.1, -0.05) is 39.8 Å². The van der Waals surface area contributed by atoms with Crippen molar-refractivity contribution in [1.29, 1.82) is 0 Å². The predicted octanol–water partition coefficient (Wildman–Crippen LogP) is 3.47. The summed E-state index contributed by atoms with van der Waals surface area (Å²) >= 11 is 0. The lowest BCUT2D eigenvalue weighted by Gasteiger charge is -2.35. The van der Waals surface area contributed by atoms with E-state index in [0.717, 1.165) is 24.9 Å². The number of carbonyl (C=O) groups excluding carboxylic acids is 2. The van der Waals surface area contributed by atoms with E-state index in [2.05, 4.69) is 12.2 Å². The lowest BCUT2D eigenvalue weighted by Crippen LogP contribution is -2.45. The van der Waals surface area contributed by atoms with Gasteiger partial charge in [0, 0.05) is 30.1 Å². The predicted molar refractivity (Wildman–Crippen MR) is 93.2 cm³/mol. The highest BCUT2D eigenvalue weighted by atomic mass is 16.2. The first-order valence-electron chi connectivity index (χ1n) is 8.50. The maximum Gasteiger partial charge on any atom is 0.227 e. The Labute approximate surface area is 139 Å². The zero-order valence-corrected chi connectivity index (χ0v) is 14.7. The van der Waals surface area contributed by atoms with Crippen molar-refractivity contribution in [3.05, 3.63) is 29.8 Å². The minimum absolute atomic E-state index is 0.00938. The van der Waals surface area contributed by atoms with Crippen molar-refractivity contribution in [2.75, 3.05) is 18.4 Å². The molecule has 0 aromatic heterocycles. The van der Waals surface area contributed by atoms with E-state index >= 15 is 0 Å². The Morgan fingerprint density at radius 3 is 2.17 bits per heavy atom. The van der Waals surface area contributed by atoms with Gasteiger partial charge in [-0.15, -0.1) is 0 Å². The molecule has 1 aliphatic heterocycles. The number of hydrogen-bond donors (Lipinski definition) is 1. The first kappa shape index (κ1) is 17.5. The van der Waals surface area contributed by atoms with E-state index in [-0.39, 0.29) is 23.1 Å². The lowest BCUT2D eigenvalue weighted by atomic mass is 9.90. The molecule has 0 spiro atoms. The summed E-state index contributed by atoms with van der Waals surface area (Å²) in [5.74, 6) is 0.230. The SMILES string of the molecule is CCc1ccc(NC(=O)C2CCN(C(=O)C(C)(C)C)CC2)cc1. The molecule has 2 rings (SSSR count). The Morgan fingerprint density at radius 1 is 1.13 bits per heavy atom. The number of benzene rings is 1. The molecule has 23 heavy (non-hydrogen) atoms. The number of aryl methyl sites for hydroxylation is 1. The molecular weight excluding hydrogens is 288 g/mol. The second-order valence-electron chi connectivity index (χ2n) is 7.36. The summed E-state index contributed by atoms with van der Waals surface area (Å²) in [6.07, 6.45) is 2.47. The Kier molecular flexibility index (Phi) is 5.45. The number of anilines is 1. The third-order valence-electron chi connectivity index (χ3n) is 4.42. The van der Waals surface area contributed by atoms with Crippen LogP contribution in [0.1, 0.15) is 46.1 Å². The Bertz CT molecular complexity index is 550. The summed E-state index contributed by atoms with van der Waals surface area (Å²) in [4.78, 5) is 26.5. The number of nitrogens with zero attached hydrogens (tertiary/aromatic N) is 1. The number of carbonyl (C=O) groups is 2. The number of hydrogen-bond acceptors (Lipinski definition) is 2. The van der Waals surface area contributed by atoms with Gasteiger partial charge in [0.2, 0.25) is 11.8 Å². The topological polar surface area (TPSA) is 49.4 Å². The molecule has 1 aliphatic rings. The van der Waals surface area contributed by atoms with Crippen molar-refractivity contribution >= 4 is 17.5 Å². The maximum atomic E-state index is 12.4. The summed E-state index contributed by atoms with van der Waals surface area (Å²) in [6, 6.07) is 7.99. The second-order valence-corrected chi connectivity index (χ2v) is 7.36. The van der Waals surface area contributed by atoms with E-state index < -0.39 is 0 Å². The Balaban J connectivity index is 1.87. The van der Waals surface area contributed by atoms with Crippen molar-refractivity contribution in [1.82, 2.24) is 4.90 Å². The summed E-state index contributed by atoms with van der Waals surface area (Å²) in [6.45, 7) is 9.27. The molecule has 2 amide bonds. The fourth-order valence-electron chi connectivity index (χ4n) is 2.89. The number of nitrogens with one attached hydrogen (secondary N) is 1. The minimum atomic E-state index is -0.351. The summed E-state index contributed by atoms with van der Waals surface area (Å²) in [7, 11) is 0. The maximum absolute atomic E-state index is 12.4. The first-order valence-corrected chi connectivity index (χ1v) is 8.50. The average molecular weight is 316 g/mol. The van der Waals surface area contributed by atoms with Gasteiger partial charge in [-0.3, -0.25) is 9.59 Å². The van der Waals surface area contributed by atoms with Crippen LogP contribution in [0.15, 0.2) is 24.3 Å². The second kappa shape index (κ2) is 7.16. The van der Waals surface area contributed by atoms with Gasteiger partial charge in [0.25, 0.3) is 0 Å². The molecule has 126 valence electrons. The minimum Gasteiger partial charge on any atom is -0.342 e. The monoisotopic (exact) mass is 316 g/mol. The van der Waals surface area contributed by atoms with Gasteiger partial charge in [0.15, 0.2) is 0 Å². The standard InChI is InChI=1S/C19H28N2O2/c1-5-14-6-8-16(9-7-14)20-17(22)15-10-12-21(13-11-15)18(23)19(2,3)4/h6-9,15H,5,10-13H2,1-4H3,(H,20,22). The zero-order chi connectivity index (χ0) is 17.0. The normalized spacial score (nSPS) is 16.3. The quantitative estimate of drug-likeness (QED) is 0.928. The molecule has 0 radical (unpaired) electrons. The highest BCUT2D eigenvalue weighted by molar-refractivity contribution is 5.92.